The molecule has 0 aliphatic carbocycles. The Morgan fingerprint density at radius 1 is 1.28 bits per heavy atom. The van der Waals surface area contributed by atoms with Gasteiger partial charge in [0.2, 0.25) is 0 Å². The lowest BCUT2D eigenvalue weighted by molar-refractivity contribution is 0.414. The highest BCUT2D eigenvalue weighted by atomic mass is 79.9. The summed E-state index contributed by atoms with van der Waals surface area (Å²) in [5.41, 5.74) is 7.93. The van der Waals surface area contributed by atoms with Gasteiger partial charge < -0.3 is 10.6 Å². The molecule has 2 fully saturated rings. The molecule has 0 radical (unpaired) electrons. The molecule has 2 saturated heterocycles. The molecule has 2 heterocycles. The molecule has 3 nitrogen and oxygen atoms in total. The molecule has 4 heteroatoms. The van der Waals surface area contributed by atoms with E-state index in [1.807, 2.05) is 12.1 Å². The third-order valence-corrected chi connectivity index (χ3v) is 4.81. The molecule has 0 saturated carbocycles. The molecule has 1 aromatic carbocycles. The zero-order valence-corrected chi connectivity index (χ0v) is 11.7. The van der Waals surface area contributed by atoms with Crippen molar-refractivity contribution in [3.63, 3.8) is 0 Å². The number of fused-ring (bicyclic) bond motifs is 2. The molecule has 2 atom stereocenters. The lowest BCUT2D eigenvalue weighted by atomic mass is 9.96. The number of rotatable bonds is 1. The number of halogens is 1. The van der Waals surface area contributed by atoms with E-state index in [-0.39, 0.29) is 0 Å². The maximum atomic E-state index is 9.34. The van der Waals surface area contributed by atoms with Gasteiger partial charge in [-0.15, -0.1) is 0 Å². The van der Waals surface area contributed by atoms with Crippen molar-refractivity contribution in [2.24, 2.45) is 5.73 Å². The Balaban J connectivity index is 2.02. The third-order valence-electron chi connectivity index (χ3n) is 4.15. The van der Waals surface area contributed by atoms with Crippen molar-refractivity contribution in [1.29, 1.82) is 5.26 Å². The number of hydrogen-bond acceptors (Lipinski definition) is 3. The predicted octanol–water partition coefficient (Wildman–Crippen LogP) is 2.78. The highest BCUT2D eigenvalue weighted by Crippen LogP contribution is 2.41. The van der Waals surface area contributed by atoms with Crippen LogP contribution in [0.25, 0.3) is 0 Å². The highest BCUT2D eigenvalue weighted by molar-refractivity contribution is 9.10. The molecule has 0 spiro atoms. The van der Waals surface area contributed by atoms with Crippen LogP contribution in [0.2, 0.25) is 0 Å². The lowest BCUT2D eigenvalue weighted by Gasteiger charge is -2.40. The van der Waals surface area contributed by atoms with Gasteiger partial charge in [-0.3, -0.25) is 0 Å². The minimum Gasteiger partial charge on any atom is -0.364 e. The van der Waals surface area contributed by atoms with E-state index in [0.717, 1.165) is 28.6 Å². The van der Waals surface area contributed by atoms with Crippen molar-refractivity contribution in [2.45, 2.75) is 43.8 Å². The first kappa shape index (κ1) is 12.0. The van der Waals surface area contributed by atoms with Gasteiger partial charge in [-0.05, 0) is 53.7 Å². The van der Waals surface area contributed by atoms with Gasteiger partial charge in [0.05, 0.1) is 11.3 Å². The number of piperidine rings is 1. The van der Waals surface area contributed by atoms with E-state index in [2.05, 4.69) is 33.0 Å². The first-order valence-electron chi connectivity index (χ1n) is 6.43. The molecule has 0 amide bonds. The Labute approximate surface area is 116 Å². The number of anilines is 1. The second-order valence-corrected chi connectivity index (χ2v) is 6.12. The van der Waals surface area contributed by atoms with Crippen molar-refractivity contribution in [1.82, 2.24) is 0 Å². The summed E-state index contributed by atoms with van der Waals surface area (Å²) in [5, 5.41) is 9.34. The topological polar surface area (TPSA) is 53.0 Å². The van der Waals surface area contributed by atoms with Crippen molar-refractivity contribution in [3.8, 4) is 6.07 Å². The Morgan fingerprint density at radius 2 is 1.94 bits per heavy atom. The molecular formula is C14H16BrN3. The monoisotopic (exact) mass is 305 g/mol. The van der Waals surface area contributed by atoms with E-state index in [9.17, 15) is 5.26 Å². The SMILES string of the molecule is N#Cc1c(Br)cccc1N1C2CCC1CC(N)C2. The van der Waals surface area contributed by atoms with Crippen LogP contribution < -0.4 is 10.6 Å². The van der Waals surface area contributed by atoms with Crippen LogP contribution in [0.4, 0.5) is 5.69 Å². The van der Waals surface area contributed by atoms with Crippen LogP contribution in [0, 0.1) is 11.3 Å². The van der Waals surface area contributed by atoms with Gasteiger partial charge in [0.25, 0.3) is 0 Å². The summed E-state index contributed by atoms with van der Waals surface area (Å²) in [4.78, 5) is 2.44. The van der Waals surface area contributed by atoms with Crippen LogP contribution >= 0.6 is 15.9 Å². The Hall–Kier alpha value is -1.05. The Bertz CT molecular complexity index is 494. The van der Waals surface area contributed by atoms with Crippen molar-refractivity contribution >= 4 is 21.6 Å². The lowest BCUT2D eigenvalue weighted by Crippen LogP contribution is -2.47. The van der Waals surface area contributed by atoms with Gasteiger partial charge in [0, 0.05) is 22.6 Å². The largest absolute Gasteiger partial charge is 0.364 e. The Morgan fingerprint density at radius 3 is 2.56 bits per heavy atom. The summed E-state index contributed by atoms with van der Waals surface area (Å²) < 4.78 is 0.886. The summed E-state index contributed by atoms with van der Waals surface area (Å²) in [5.74, 6) is 0. The predicted molar refractivity (Wildman–Crippen MR) is 75.4 cm³/mol. The quantitative estimate of drug-likeness (QED) is 0.868. The van der Waals surface area contributed by atoms with Crippen LogP contribution in [-0.2, 0) is 0 Å². The van der Waals surface area contributed by atoms with Gasteiger partial charge >= 0.3 is 0 Å². The number of nitriles is 1. The summed E-state index contributed by atoms with van der Waals surface area (Å²) in [7, 11) is 0. The fourth-order valence-electron chi connectivity index (χ4n) is 3.45. The summed E-state index contributed by atoms with van der Waals surface area (Å²) in [6.07, 6.45) is 4.51. The molecule has 2 aliphatic rings. The molecule has 3 rings (SSSR count). The maximum Gasteiger partial charge on any atom is 0.103 e. The van der Waals surface area contributed by atoms with E-state index in [1.165, 1.54) is 12.8 Å². The van der Waals surface area contributed by atoms with Crippen molar-refractivity contribution in [2.75, 3.05) is 4.90 Å². The van der Waals surface area contributed by atoms with Crippen LogP contribution in [0.15, 0.2) is 22.7 Å². The van der Waals surface area contributed by atoms with E-state index in [0.29, 0.717) is 18.1 Å². The second-order valence-electron chi connectivity index (χ2n) is 5.27. The minimum atomic E-state index is 0.330. The van der Waals surface area contributed by atoms with Gasteiger partial charge in [-0.1, -0.05) is 6.07 Å². The summed E-state index contributed by atoms with van der Waals surface area (Å²) in [6, 6.07) is 9.68. The number of hydrogen-bond donors (Lipinski definition) is 1. The molecule has 2 bridgehead atoms. The van der Waals surface area contributed by atoms with Crippen LogP contribution in [0.5, 0.6) is 0 Å². The average Bonchev–Trinajstić information content (AvgIpc) is 2.61. The smallest absolute Gasteiger partial charge is 0.103 e. The van der Waals surface area contributed by atoms with Gasteiger partial charge in [0.15, 0.2) is 0 Å². The highest BCUT2D eigenvalue weighted by Gasteiger charge is 2.40. The number of benzene rings is 1. The molecule has 1 aromatic rings. The van der Waals surface area contributed by atoms with Gasteiger partial charge in [-0.25, -0.2) is 0 Å². The summed E-state index contributed by atoms with van der Waals surface area (Å²) in [6.45, 7) is 0. The van der Waals surface area contributed by atoms with Gasteiger partial charge in [-0.2, -0.15) is 5.26 Å². The molecular weight excluding hydrogens is 290 g/mol. The molecule has 2 N–H and O–H groups in total. The van der Waals surface area contributed by atoms with Crippen LogP contribution in [0.1, 0.15) is 31.2 Å². The van der Waals surface area contributed by atoms with E-state index < -0.39 is 0 Å². The van der Waals surface area contributed by atoms with Crippen molar-refractivity contribution in [3.05, 3.63) is 28.2 Å². The van der Waals surface area contributed by atoms with E-state index >= 15 is 0 Å². The minimum absolute atomic E-state index is 0.330. The van der Waals surface area contributed by atoms with Crippen molar-refractivity contribution < 1.29 is 0 Å². The fraction of sp³-hybridized carbons (Fsp3) is 0.500. The second kappa shape index (κ2) is 4.56. The normalized spacial score (nSPS) is 30.3. The zero-order chi connectivity index (χ0) is 12.7. The fourth-order valence-corrected chi connectivity index (χ4v) is 3.90. The first-order chi connectivity index (χ1) is 8.70. The average molecular weight is 306 g/mol. The van der Waals surface area contributed by atoms with Gasteiger partial charge in [0.1, 0.15) is 6.07 Å². The molecule has 2 aliphatic heterocycles. The number of nitrogens with two attached hydrogens (primary N) is 1. The molecule has 2 unspecified atom stereocenters. The zero-order valence-electron chi connectivity index (χ0n) is 10.1. The maximum absolute atomic E-state index is 9.34. The first-order valence-corrected chi connectivity index (χ1v) is 7.22. The van der Waals surface area contributed by atoms with E-state index in [4.69, 9.17) is 5.73 Å². The standard InChI is InChI=1S/C14H16BrN3/c15-13-2-1-3-14(12(13)8-16)18-10-4-5-11(18)7-9(17)6-10/h1-3,9-11H,4-7,17H2. The Kier molecular flexibility index (Phi) is 3.04. The van der Waals surface area contributed by atoms with Crippen LogP contribution in [0.3, 0.4) is 0 Å². The van der Waals surface area contributed by atoms with E-state index in [1.54, 1.807) is 0 Å². The van der Waals surface area contributed by atoms with Crippen LogP contribution in [-0.4, -0.2) is 18.1 Å². The molecule has 94 valence electrons. The number of nitrogens with zero attached hydrogens (tertiary/aromatic N) is 2. The summed E-state index contributed by atoms with van der Waals surface area (Å²) >= 11 is 3.47. The molecule has 18 heavy (non-hydrogen) atoms. The molecule has 0 aromatic heterocycles. The third kappa shape index (κ3) is 1.82.